The highest BCUT2D eigenvalue weighted by Gasteiger charge is 2.57. The third-order valence-electron chi connectivity index (χ3n) is 18.7. The number of aliphatic hydroxyl groups excluding tert-OH is 8. The Morgan fingerprint density at radius 2 is 0.765 bits per heavy atom. The minimum absolute atomic E-state index is 0.0910. The topological polar surface area (TPSA) is 524 Å². The van der Waals surface area contributed by atoms with Gasteiger partial charge < -0.3 is 80.2 Å². The van der Waals surface area contributed by atoms with Gasteiger partial charge in [0.2, 0.25) is 0 Å². The fourth-order valence-electron chi connectivity index (χ4n) is 13.5. The van der Waals surface area contributed by atoms with E-state index in [-0.39, 0.29) is 28.5 Å². The van der Waals surface area contributed by atoms with Gasteiger partial charge in [-0.15, -0.1) is 0 Å². The van der Waals surface area contributed by atoms with Crippen molar-refractivity contribution in [1.29, 1.82) is 5.41 Å². The highest BCUT2D eigenvalue weighted by Crippen LogP contribution is 2.48. The molecule has 36 nitrogen and oxygen atoms in total. The summed E-state index contributed by atoms with van der Waals surface area (Å²) in [6.45, 7) is 7.66. The molecule has 16 rings (SSSR count). The van der Waals surface area contributed by atoms with E-state index in [1.54, 1.807) is 81.1 Å². The second kappa shape index (κ2) is 24.9. The summed E-state index contributed by atoms with van der Waals surface area (Å²) in [5.41, 5.74) is 9.99. The molecule has 16 heterocycles. The molecular weight excluding hydrogens is 1290 g/mol. The monoisotopic (exact) mass is 1360 g/mol. The Morgan fingerprint density at radius 1 is 0.429 bits per heavy atom. The van der Waals surface area contributed by atoms with Crippen LogP contribution in [-0.2, 0) is 18.9 Å². The van der Waals surface area contributed by atoms with Gasteiger partial charge in [-0.25, -0.2) is 25.0 Å². The van der Waals surface area contributed by atoms with Gasteiger partial charge in [-0.1, -0.05) is 0 Å². The molecule has 36 heteroatoms. The lowest BCUT2D eigenvalue weighted by Gasteiger charge is -2.27. The van der Waals surface area contributed by atoms with Crippen molar-refractivity contribution >= 4 is 92.2 Å². The van der Waals surface area contributed by atoms with E-state index in [0.717, 1.165) is 10.8 Å². The quantitative estimate of drug-likeness (QED) is 0.0740. The lowest BCUT2D eigenvalue weighted by Crippen LogP contribution is -2.43. The Kier molecular flexibility index (Phi) is 17.1. The van der Waals surface area contributed by atoms with Crippen LogP contribution in [0.1, 0.15) is 86.0 Å². The maximum Gasteiger partial charge on any atom is 0.274 e. The molecule has 16 atom stereocenters. The lowest BCUT2D eigenvalue weighted by atomic mass is 9.91. The van der Waals surface area contributed by atoms with E-state index < -0.39 is 133 Å². The molecule has 8 aliphatic rings. The van der Waals surface area contributed by atoms with Crippen LogP contribution in [0, 0.1) is 19.3 Å². The van der Waals surface area contributed by atoms with Crippen LogP contribution in [0.4, 0.5) is 23.3 Å². The highest BCUT2D eigenvalue weighted by molar-refractivity contribution is 5.97. The maximum atomic E-state index is 12.0. The van der Waals surface area contributed by atoms with Crippen LogP contribution < -0.4 is 43.9 Å². The molecule has 0 bridgehead atoms. The van der Waals surface area contributed by atoms with E-state index in [1.165, 1.54) is 65.2 Å². The van der Waals surface area contributed by atoms with Gasteiger partial charge in [0.15, 0.2) is 23.3 Å². The summed E-state index contributed by atoms with van der Waals surface area (Å²) < 4.78 is 29.3. The number of aliphatic imine (C=N–C) groups is 4. The molecule has 0 saturated carbocycles. The Hall–Kier alpha value is -9.32. The van der Waals surface area contributed by atoms with Gasteiger partial charge in [-0.2, -0.15) is 15.0 Å². The van der Waals surface area contributed by atoms with Crippen molar-refractivity contribution < 1.29 is 80.2 Å². The van der Waals surface area contributed by atoms with Crippen LogP contribution in [0.3, 0.4) is 0 Å². The third-order valence-corrected chi connectivity index (χ3v) is 18.7. The zero-order valence-electron chi connectivity index (χ0n) is 52.9. The van der Waals surface area contributed by atoms with Crippen LogP contribution in [0.25, 0.3) is 43.6 Å². The fraction of sp³-hybridized carbons (Fsp3) is 0.419. The number of hydrogen-bond acceptors (Lipinski definition) is 32. The summed E-state index contributed by atoms with van der Waals surface area (Å²) in [4.78, 5) is 67.9. The molecule has 0 aliphatic carbocycles. The molecule has 0 unspecified atom stereocenters. The maximum absolute atomic E-state index is 12.0. The molecule has 516 valence electrons. The van der Waals surface area contributed by atoms with Crippen molar-refractivity contribution in [2.45, 2.75) is 137 Å². The molecule has 8 aromatic rings. The normalized spacial score (nSPS) is 31.0. The summed E-state index contributed by atoms with van der Waals surface area (Å²) in [7, 11) is 0. The van der Waals surface area contributed by atoms with Gasteiger partial charge in [0.1, 0.15) is 149 Å². The first-order valence-electron chi connectivity index (χ1n) is 30.7. The minimum Gasteiger partial charge on any atom is -0.394 e. The summed E-state index contributed by atoms with van der Waals surface area (Å²) in [6, 6.07) is 16.4. The van der Waals surface area contributed by atoms with Crippen LogP contribution in [0.15, 0.2) is 95.0 Å². The molecule has 0 aromatic carbocycles. The number of hydrogen-bond donors (Lipinski definition) is 17. The van der Waals surface area contributed by atoms with Crippen molar-refractivity contribution in [2.24, 2.45) is 20.0 Å². The Labute approximate surface area is 551 Å². The molecular formula is C62H69N17O19. The Balaban J connectivity index is 0.000000118. The average Bonchev–Trinajstić information content (AvgIpc) is 1.60. The molecule has 0 radical (unpaired) electrons. The third kappa shape index (κ3) is 11.0. The standard InChI is InChI=1S/2C16H18N4O5.C15H17N5O4.C15H16N4O5/c1-7-3-11(22)19-15-12-8(7)4-9(20(12)18-6-17-15)14-16(2,24)13(23)10(5-21)25-14;1-7-3-8-4-9(13-16(2,24)12(22)10(5-21)25-13)20-11(8)14(17-6-18-20)19-15(7)23;1-15(23)12(22)9(5-21)24-13(15)8-4-7-2-3-10(16)19-14-11(7)20(8)18-6-17-14;1-15(23)12(22)9(5-20)24-13(15)8-4-7-2-3-10(21)18-14-11(7)19(8)17-6-16-14/h3-4,6,10,13-14,21,23-24H,5H2,1-2H3,(H,17,18,19,22);3-4,6,10,12-13,21-22,24H,5H2,1-2H3,(H,17,18,19,23);2-4,6,9,12-13,21-23H,5H2,1H3,(H2,16,17,18,19);2-4,6,9,12-13,20,22-23H,5H2,1H3,(H,16,17,18,21)/t10-,13-,14+,16-;10-,12-,13+,16-;2*9-,12-,13+,15-/m1111/s1. The van der Waals surface area contributed by atoms with Gasteiger partial charge in [0.25, 0.3) is 16.7 Å². The van der Waals surface area contributed by atoms with E-state index in [1.807, 2.05) is 0 Å². The number of aryl methyl sites for hydroxylation is 2. The first-order valence-corrected chi connectivity index (χ1v) is 30.7. The Bertz CT molecular complexity index is 4780. The predicted molar refractivity (Wildman–Crippen MR) is 348 cm³/mol. The molecule has 8 aromatic heterocycles. The number of aliphatic hydroxyl groups is 12. The molecule has 0 amide bonds. The molecule has 4 saturated heterocycles. The average molecular weight is 1360 g/mol. The zero-order valence-corrected chi connectivity index (χ0v) is 52.9. The summed E-state index contributed by atoms with van der Waals surface area (Å²) in [6.07, 6.45) is -6.45. The summed E-state index contributed by atoms with van der Waals surface area (Å²) >= 11 is 0. The predicted octanol–water partition coefficient (Wildman–Crippen LogP) is -2.63. The molecule has 98 heavy (non-hydrogen) atoms. The molecule has 17 N–H and O–H groups in total. The van der Waals surface area contributed by atoms with E-state index in [4.69, 9.17) is 24.4 Å². The van der Waals surface area contributed by atoms with Crippen LogP contribution in [-0.4, -0.2) is 223 Å². The first-order chi connectivity index (χ1) is 46.5. The number of aromatic nitrogens is 8. The fourth-order valence-corrected chi connectivity index (χ4v) is 13.5. The van der Waals surface area contributed by atoms with E-state index in [2.05, 4.69) is 61.6 Å². The van der Waals surface area contributed by atoms with Crippen molar-refractivity contribution in [3.05, 3.63) is 131 Å². The van der Waals surface area contributed by atoms with Crippen molar-refractivity contribution in [2.75, 3.05) is 48.1 Å². The molecule has 8 aliphatic heterocycles. The van der Waals surface area contributed by atoms with Crippen molar-refractivity contribution in [1.82, 2.24) is 38.6 Å². The number of nitrogens with zero attached hydrogens (tertiary/aromatic N) is 12. The van der Waals surface area contributed by atoms with Gasteiger partial charge in [0, 0.05) is 39.2 Å². The second-order valence-corrected chi connectivity index (χ2v) is 25.4. The van der Waals surface area contributed by atoms with Gasteiger partial charge in [-0.3, -0.25) is 60.2 Å². The van der Waals surface area contributed by atoms with Gasteiger partial charge in [0.05, 0.1) is 49.2 Å². The highest BCUT2D eigenvalue weighted by atomic mass is 16.6. The summed E-state index contributed by atoms with van der Waals surface area (Å²) in [5, 5.41) is 132. The largest absolute Gasteiger partial charge is 0.394 e. The van der Waals surface area contributed by atoms with E-state index in [0.29, 0.717) is 72.6 Å². The smallest absolute Gasteiger partial charge is 0.274 e. The number of nitrogens with one attached hydrogen (secondary N) is 5. The Morgan fingerprint density at radius 3 is 1.17 bits per heavy atom. The summed E-state index contributed by atoms with van der Waals surface area (Å²) in [5.74, 6) is 1.15. The van der Waals surface area contributed by atoms with Gasteiger partial charge in [-0.05, 0) is 95.6 Å². The van der Waals surface area contributed by atoms with E-state index in [9.17, 15) is 75.7 Å². The van der Waals surface area contributed by atoms with Gasteiger partial charge >= 0.3 is 0 Å². The number of ether oxygens (including phenoxy) is 4. The first kappa shape index (κ1) is 67.3. The van der Waals surface area contributed by atoms with Crippen LogP contribution in [0.5, 0.6) is 0 Å². The molecule has 4 fully saturated rings. The number of rotatable bonds is 8. The van der Waals surface area contributed by atoms with Crippen LogP contribution >= 0.6 is 0 Å². The lowest BCUT2D eigenvalue weighted by molar-refractivity contribution is -0.0665. The second-order valence-electron chi connectivity index (χ2n) is 25.4. The van der Waals surface area contributed by atoms with Crippen LogP contribution in [0.2, 0.25) is 0 Å². The zero-order chi connectivity index (χ0) is 70.0. The minimum atomic E-state index is -1.61. The SMILES string of the molecule is C[C@@]1(O)[C@H](O)[C@@H](CO)O[C@H]1c1cc2ccc(=N)nc3c2n1NC=N3.C[C@@]1(O)[C@H](O)[C@@H](CO)O[C@H]1c1cc2ccc(=O)nc3c2n1NC=N3.Cc1cc(=O)nc2c3c1cc([C@@H]1O[C@H](CO)[C@@H](O)[C@@]1(C)O)n3NC=N2.Cc1cc2cc([C@@H]3O[C@H](CO)[C@@H](O)[C@@]3(C)O)n3c2c(nc1=O)N=CN3. The molecule has 0 spiro atoms. The van der Waals surface area contributed by atoms with Crippen molar-refractivity contribution in [3.8, 4) is 0 Å². The van der Waals surface area contributed by atoms with E-state index >= 15 is 0 Å². The van der Waals surface area contributed by atoms with Crippen molar-refractivity contribution in [3.63, 3.8) is 0 Å².